The van der Waals surface area contributed by atoms with Crippen molar-refractivity contribution in [2.75, 3.05) is 6.61 Å². The van der Waals surface area contributed by atoms with Gasteiger partial charge in [0.15, 0.2) is 0 Å². The number of rotatable bonds is 17. The van der Waals surface area contributed by atoms with Gasteiger partial charge in [-0.2, -0.15) is 0 Å². The molecule has 0 saturated heterocycles. The second-order valence-corrected chi connectivity index (χ2v) is 6.38. The highest BCUT2D eigenvalue weighted by Crippen LogP contribution is 2.13. The molecule has 0 atom stereocenters. The maximum atomic E-state index is 8.68. The molecular weight excluding hydrogens is 244 g/mol. The van der Waals surface area contributed by atoms with Crippen molar-refractivity contribution in [2.45, 2.75) is 116 Å². The van der Waals surface area contributed by atoms with E-state index in [4.69, 9.17) is 5.11 Å². The minimum absolute atomic E-state index is 0.374. The molecule has 0 heterocycles. The maximum absolute atomic E-state index is 8.68. The lowest BCUT2D eigenvalue weighted by atomic mass is 10.0. The summed E-state index contributed by atoms with van der Waals surface area (Å²) >= 11 is 0. The van der Waals surface area contributed by atoms with Gasteiger partial charge in [0.05, 0.1) is 0 Å². The summed E-state index contributed by atoms with van der Waals surface area (Å²) in [4.78, 5) is 0. The molecule has 122 valence electrons. The van der Waals surface area contributed by atoms with E-state index in [0.717, 1.165) is 6.42 Å². The molecule has 0 aliphatic carbocycles. The van der Waals surface area contributed by atoms with Crippen LogP contribution in [0.2, 0.25) is 0 Å². The van der Waals surface area contributed by atoms with Crippen molar-refractivity contribution in [3.63, 3.8) is 0 Å². The van der Waals surface area contributed by atoms with Crippen molar-refractivity contribution in [1.82, 2.24) is 0 Å². The zero-order valence-corrected chi connectivity index (χ0v) is 14.2. The number of aliphatic hydroxyl groups is 1. The first-order valence-electron chi connectivity index (χ1n) is 9.52. The van der Waals surface area contributed by atoms with Gasteiger partial charge in [-0.25, -0.2) is 0 Å². The third-order valence-corrected chi connectivity index (χ3v) is 4.26. The monoisotopic (exact) mass is 284 g/mol. The van der Waals surface area contributed by atoms with E-state index in [1.54, 1.807) is 0 Å². The lowest BCUT2D eigenvalue weighted by Gasteiger charge is -2.03. The van der Waals surface area contributed by atoms with E-state index in [1.165, 1.54) is 103 Å². The molecule has 0 amide bonds. The van der Waals surface area contributed by atoms with Gasteiger partial charge in [-0.3, -0.25) is 0 Å². The first kappa shape index (κ1) is 20.0. The van der Waals surface area contributed by atoms with Gasteiger partial charge in [0.25, 0.3) is 0 Å². The Bertz CT molecular complexity index is 138. The van der Waals surface area contributed by atoms with Gasteiger partial charge < -0.3 is 5.11 Å². The van der Waals surface area contributed by atoms with E-state index in [0.29, 0.717) is 6.61 Å². The summed E-state index contributed by atoms with van der Waals surface area (Å²) in [6.45, 7) is 2.66. The molecule has 0 fully saturated rings. The maximum Gasteiger partial charge on any atom is 0.0431 e. The average molecular weight is 285 g/mol. The Kier molecular flexibility index (Phi) is 18.9. The SMILES string of the molecule is CCCCCCCCCCCCCCCCCCCO. The zero-order valence-electron chi connectivity index (χ0n) is 14.2. The van der Waals surface area contributed by atoms with Crippen LogP contribution in [-0.4, -0.2) is 11.7 Å². The minimum Gasteiger partial charge on any atom is -0.396 e. The summed E-state index contributed by atoms with van der Waals surface area (Å²) in [6, 6.07) is 0. The highest BCUT2D eigenvalue weighted by molar-refractivity contribution is 4.49. The van der Waals surface area contributed by atoms with Crippen LogP contribution >= 0.6 is 0 Å². The largest absolute Gasteiger partial charge is 0.396 e. The number of aliphatic hydroxyl groups excluding tert-OH is 1. The summed E-state index contributed by atoms with van der Waals surface area (Å²) in [7, 11) is 0. The molecule has 20 heavy (non-hydrogen) atoms. The molecule has 0 aromatic heterocycles. The molecular formula is C19H40O. The summed E-state index contributed by atoms with van der Waals surface area (Å²) in [5.41, 5.74) is 0. The van der Waals surface area contributed by atoms with Crippen molar-refractivity contribution in [2.24, 2.45) is 0 Å². The molecule has 1 nitrogen and oxygen atoms in total. The molecule has 0 unspecified atom stereocenters. The Morgan fingerprint density at radius 2 is 0.650 bits per heavy atom. The van der Waals surface area contributed by atoms with Gasteiger partial charge in [-0.05, 0) is 6.42 Å². The van der Waals surface area contributed by atoms with Crippen LogP contribution in [0.5, 0.6) is 0 Å². The van der Waals surface area contributed by atoms with E-state index in [1.807, 2.05) is 0 Å². The Labute approximate surface area is 128 Å². The van der Waals surface area contributed by atoms with Gasteiger partial charge in [-0.15, -0.1) is 0 Å². The van der Waals surface area contributed by atoms with Crippen molar-refractivity contribution in [1.29, 1.82) is 0 Å². The second-order valence-electron chi connectivity index (χ2n) is 6.38. The molecule has 0 radical (unpaired) electrons. The zero-order chi connectivity index (χ0) is 14.7. The fraction of sp³-hybridized carbons (Fsp3) is 1.00. The molecule has 0 aliphatic rings. The Balaban J connectivity index is 2.89. The Morgan fingerprint density at radius 3 is 0.900 bits per heavy atom. The predicted molar refractivity (Wildman–Crippen MR) is 91.2 cm³/mol. The second kappa shape index (κ2) is 19.0. The molecule has 1 heteroatoms. The van der Waals surface area contributed by atoms with Crippen LogP contribution in [-0.2, 0) is 0 Å². The van der Waals surface area contributed by atoms with Gasteiger partial charge in [-0.1, -0.05) is 110 Å². The summed E-state index contributed by atoms with van der Waals surface area (Å²) in [5.74, 6) is 0. The lowest BCUT2D eigenvalue weighted by molar-refractivity contribution is 0.282. The number of unbranched alkanes of at least 4 members (excludes halogenated alkanes) is 16. The van der Waals surface area contributed by atoms with Crippen molar-refractivity contribution < 1.29 is 5.11 Å². The molecule has 0 spiro atoms. The molecule has 0 saturated carbocycles. The summed E-state index contributed by atoms with van der Waals surface area (Å²) < 4.78 is 0. The van der Waals surface area contributed by atoms with Gasteiger partial charge in [0, 0.05) is 6.61 Å². The third kappa shape index (κ3) is 18.0. The van der Waals surface area contributed by atoms with E-state index < -0.39 is 0 Å². The Morgan fingerprint density at radius 1 is 0.400 bits per heavy atom. The molecule has 0 rings (SSSR count). The third-order valence-electron chi connectivity index (χ3n) is 4.26. The molecule has 0 aliphatic heterocycles. The van der Waals surface area contributed by atoms with E-state index in [2.05, 4.69) is 6.92 Å². The van der Waals surface area contributed by atoms with Crippen LogP contribution in [0.25, 0.3) is 0 Å². The van der Waals surface area contributed by atoms with Gasteiger partial charge in [0.1, 0.15) is 0 Å². The van der Waals surface area contributed by atoms with Crippen LogP contribution in [0.3, 0.4) is 0 Å². The van der Waals surface area contributed by atoms with Crippen LogP contribution in [0, 0.1) is 0 Å². The quantitative estimate of drug-likeness (QED) is 0.297. The van der Waals surface area contributed by atoms with E-state index >= 15 is 0 Å². The number of hydrogen-bond acceptors (Lipinski definition) is 1. The average Bonchev–Trinajstić information content (AvgIpc) is 2.47. The summed E-state index contributed by atoms with van der Waals surface area (Å²) in [5, 5.41) is 8.68. The first-order valence-corrected chi connectivity index (χ1v) is 9.52. The molecule has 0 bridgehead atoms. The van der Waals surface area contributed by atoms with Crippen molar-refractivity contribution in [3.8, 4) is 0 Å². The fourth-order valence-corrected chi connectivity index (χ4v) is 2.84. The number of hydrogen-bond donors (Lipinski definition) is 1. The normalized spacial score (nSPS) is 11.1. The van der Waals surface area contributed by atoms with E-state index in [-0.39, 0.29) is 0 Å². The van der Waals surface area contributed by atoms with Crippen LogP contribution in [0.1, 0.15) is 116 Å². The molecule has 0 aromatic carbocycles. The molecule has 1 N–H and O–H groups in total. The molecule has 0 aromatic rings. The predicted octanol–water partition coefficient (Wildman–Crippen LogP) is 6.63. The highest BCUT2D eigenvalue weighted by atomic mass is 16.2. The van der Waals surface area contributed by atoms with Gasteiger partial charge in [0.2, 0.25) is 0 Å². The van der Waals surface area contributed by atoms with Gasteiger partial charge >= 0.3 is 0 Å². The van der Waals surface area contributed by atoms with E-state index in [9.17, 15) is 0 Å². The first-order chi connectivity index (χ1) is 9.91. The van der Waals surface area contributed by atoms with Crippen LogP contribution < -0.4 is 0 Å². The topological polar surface area (TPSA) is 20.2 Å². The lowest BCUT2D eigenvalue weighted by Crippen LogP contribution is -1.85. The smallest absolute Gasteiger partial charge is 0.0431 e. The Hall–Kier alpha value is -0.0400. The van der Waals surface area contributed by atoms with Crippen LogP contribution in [0.15, 0.2) is 0 Å². The fourth-order valence-electron chi connectivity index (χ4n) is 2.84. The van der Waals surface area contributed by atoms with Crippen molar-refractivity contribution in [3.05, 3.63) is 0 Å². The highest BCUT2D eigenvalue weighted by Gasteiger charge is 1.94. The minimum atomic E-state index is 0.374. The summed E-state index contributed by atoms with van der Waals surface area (Å²) in [6.07, 6.45) is 23.7. The standard InChI is InChI=1S/C19H40O/c1-2-3-4-5-6-7-8-9-10-11-12-13-14-15-16-17-18-19-20/h20H,2-19H2,1H3. The van der Waals surface area contributed by atoms with Crippen molar-refractivity contribution >= 4 is 0 Å². The van der Waals surface area contributed by atoms with Crippen LogP contribution in [0.4, 0.5) is 0 Å².